The Balaban J connectivity index is 0.000000441. The van der Waals surface area contributed by atoms with Gasteiger partial charge in [0, 0.05) is 38.6 Å². The number of ether oxygens (including phenoxy) is 3. The van der Waals surface area contributed by atoms with Gasteiger partial charge >= 0.3 is 58.6 Å². The fraction of sp³-hybridized carbons (Fsp3) is 0.435. The van der Waals surface area contributed by atoms with Crippen molar-refractivity contribution in [1.82, 2.24) is 64.7 Å². The van der Waals surface area contributed by atoms with E-state index in [-0.39, 0.29) is 128 Å². The number of aromatic nitrogens is 10. The Hall–Kier alpha value is -6.62. The minimum Gasteiger partial charge on any atom is -1.00 e. The van der Waals surface area contributed by atoms with E-state index in [1.54, 1.807) is 135 Å². The number of hydrogen-bond acceptors (Lipinski definition) is 19. The zero-order valence-corrected chi connectivity index (χ0v) is 57.4. The first-order valence-corrected chi connectivity index (χ1v) is 28.4. The number of halogens is 2. The number of amides is 3. The standard InChI is InChI=1S/C23H24N6O3.C17H22N4O3.C16H18N4O4.C4H8O.CH3F.CH3.BrH.Mg.Na.H/c1-23(2,31)20-8-7-17(32-21-13-16(14-24)9-10-25-21)15-28(20)22(30)18-5-3-4-6-19(18)29-26-11-12-27-29;1-17(2,24)15-8-7-12(22)11-20(15)16(23)13-5-3-4-6-14(13)21-18-9-10-19-21;1-24-16(23)14-7-6-11(21)10-19(14)15(22)12-4-2-3-5-13(12)20-17-8-9-18-20;1-2-4-5-3-1;1-2;;;;;/h3-6,9-13,17,20,31H,7-8,15H2,1-2H3;3-6,9-10,12,15,22,24H,7-8,11H2,1-2H3;2-5,8-9,11,14,21H,6-7,10H2,1H3;1-4H2;1H3;1H3;1H;;;/q;;;;;-1;;+2;+1;-1/p-1/t17-,20+;12-,15+;11-,14+;;;;;;;/m111......./s1/i;;;;1D;;;;;. The molecule has 0 saturated carbocycles. The summed E-state index contributed by atoms with van der Waals surface area (Å²) < 4.78 is 31.3. The Morgan fingerprint density at radius 3 is 1.42 bits per heavy atom. The zero-order valence-electron chi connectivity index (χ0n) is 54.4. The Morgan fingerprint density at radius 2 is 1.02 bits per heavy atom. The Bertz CT molecular complexity index is 3400. The maximum atomic E-state index is 13.7. The number of carbonyl (C=O) groups is 4. The number of hydrogen-bond donors (Lipinski definition) is 4. The maximum absolute atomic E-state index is 13.7. The number of piperidine rings is 3. The van der Waals surface area contributed by atoms with Gasteiger partial charge in [0.1, 0.15) is 12.1 Å². The van der Waals surface area contributed by atoms with Crippen LogP contribution in [0.15, 0.2) is 128 Å². The summed E-state index contributed by atoms with van der Waals surface area (Å²) in [5, 5.41) is 74.9. The van der Waals surface area contributed by atoms with Crippen LogP contribution in [-0.4, -0.2) is 227 Å². The Labute approximate surface area is 581 Å². The van der Waals surface area contributed by atoms with E-state index in [9.17, 15) is 44.0 Å². The van der Waals surface area contributed by atoms with Crippen LogP contribution in [0.25, 0.3) is 17.1 Å². The largest absolute Gasteiger partial charge is 2.00 e. The first-order chi connectivity index (χ1) is 42.3. The molecule has 480 valence electrons. The van der Waals surface area contributed by atoms with Gasteiger partial charge in [-0.05, 0) is 122 Å². The van der Waals surface area contributed by atoms with E-state index >= 15 is 0 Å². The summed E-state index contributed by atoms with van der Waals surface area (Å²) in [7, 11) is 0.289. The number of carbonyl (C=O) groups excluding carboxylic acids is 4. The number of β-amino-alcohol motifs (C(OH)–C–C–N with tert-alkyl or cyclic N) is 2. The number of rotatable bonds is 11. The average molecular weight is 1340 g/mol. The SMILES string of the molecule is C1CCOC1.CC(C)(O)[C@@H]1CC[C@@H](O)CN1C(=O)c1ccccc1-n1nccn1.CC(C)(O)[C@@H]1CC[C@@H](Oc2cc(C#N)ccn2)CN1C(=O)c1ccccc1-n1nccn1.COC(=O)[C@@H]1CC[C@@H](O)CN1C(=O)c1ccccc1-n1nccn1.[2H]CF.[Br-].[CH3-].[H-].[Mg+2].[Na+]. The molecule has 11 rings (SSSR count). The van der Waals surface area contributed by atoms with Crippen LogP contribution in [-0.2, 0) is 14.3 Å². The molecule has 29 heteroatoms. The topological polar surface area (TPSA) is 315 Å². The molecule has 4 N–H and O–H groups in total. The smallest absolute Gasteiger partial charge is 1.00 e. The van der Waals surface area contributed by atoms with E-state index in [4.69, 9.17) is 20.8 Å². The second-order valence-corrected chi connectivity index (χ2v) is 21.9. The van der Waals surface area contributed by atoms with Crippen molar-refractivity contribution in [3.05, 3.63) is 158 Å². The van der Waals surface area contributed by atoms with E-state index in [0.717, 1.165) is 13.2 Å². The van der Waals surface area contributed by atoms with Gasteiger partial charge in [0.2, 0.25) is 5.88 Å². The van der Waals surface area contributed by atoms with E-state index in [2.05, 4.69) is 41.6 Å². The van der Waals surface area contributed by atoms with Crippen LogP contribution in [0.3, 0.4) is 0 Å². The zero-order chi connectivity index (χ0) is 63.4. The normalized spacial score (nSPS) is 19.3. The van der Waals surface area contributed by atoms with Crippen molar-refractivity contribution < 1.29 is 108 Å². The number of likely N-dealkylation sites (tertiary alicyclic amines) is 3. The summed E-state index contributed by atoms with van der Waals surface area (Å²) in [5.74, 6) is -0.989. The quantitative estimate of drug-likeness (QED) is 0.0710. The third-order valence-electron chi connectivity index (χ3n) is 14.8. The number of aliphatic hydroxyl groups is 4. The van der Waals surface area contributed by atoms with Crippen molar-refractivity contribution in [3.8, 4) is 29.0 Å². The fourth-order valence-corrected chi connectivity index (χ4v) is 10.7. The van der Waals surface area contributed by atoms with Gasteiger partial charge < -0.3 is 75.2 Å². The van der Waals surface area contributed by atoms with Gasteiger partial charge in [-0.25, -0.2) is 9.78 Å². The van der Waals surface area contributed by atoms with Crippen LogP contribution in [0.4, 0.5) is 4.39 Å². The predicted octanol–water partition coefficient (Wildman–Crippen LogP) is -0.661. The monoisotopic (exact) mass is 1340 g/mol. The molecule has 3 amide bonds. The minimum absolute atomic E-state index is 0. The minimum atomic E-state index is -1.10. The molecule has 4 aliphatic heterocycles. The first-order valence-electron chi connectivity index (χ1n) is 29.1. The van der Waals surface area contributed by atoms with Crippen molar-refractivity contribution in [3.63, 3.8) is 0 Å². The molecular formula is C62H79BrFMgN14NaO11. The summed E-state index contributed by atoms with van der Waals surface area (Å²) in [6.07, 6.45) is 14.9. The molecule has 6 atom stereocenters. The Kier molecular flexibility index (Phi) is 31.9. The summed E-state index contributed by atoms with van der Waals surface area (Å²) in [6.45, 7) is 9.35. The number of methoxy groups -OCH3 is 1. The predicted molar refractivity (Wildman–Crippen MR) is 327 cm³/mol. The fourth-order valence-electron chi connectivity index (χ4n) is 10.7. The van der Waals surface area contributed by atoms with Gasteiger partial charge in [0.25, 0.3) is 17.7 Å². The maximum Gasteiger partial charge on any atom is 2.00 e. The van der Waals surface area contributed by atoms with E-state index in [1.807, 2.05) is 12.1 Å². The van der Waals surface area contributed by atoms with Crippen LogP contribution in [0.1, 0.15) is 118 Å². The molecular weight excluding hydrogens is 1260 g/mol. The van der Waals surface area contributed by atoms with E-state index in [0.29, 0.717) is 83.7 Å². The Morgan fingerprint density at radius 1 is 0.637 bits per heavy atom. The molecule has 4 aliphatic rings. The van der Waals surface area contributed by atoms with Crippen LogP contribution < -0.4 is 51.3 Å². The molecule has 0 aliphatic carbocycles. The van der Waals surface area contributed by atoms with Crippen molar-refractivity contribution in [2.75, 3.05) is 47.1 Å². The molecule has 3 aromatic carbocycles. The van der Waals surface area contributed by atoms with Gasteiger partial charge in [0.05, 0.1) is 140 Å². The number of nitriles is 1. The van der Waals surface area contributed by atoms with Gasteiger partial charge in [-0.1, -0.05) is 36.4 Å². The molecule has 4 saturated heterocycles. The molecule has 0 spiro atoms. The summed E-state index contributed by atoms with van der Waals surface area (Å²) >= 11 is 0. The van der Waals surface area contributed by atoms with Gasteiger partial charge in [-0.2, -0.15) is 50.2 Å². The number of nitrogens with zero attached hydrogens (tertiary/aromatic N) is 14. The number of para-hydroxylation sites is 3. The van der Waals surface area contributed by atoms with Gasteiger partial charge in [0.15, 0.2) is 0 Å². The second kappa shape index (κ2) is 37.8. The third-order valence-corrected chi connectivity index (χ3v) is 14.8. The van der Waals surface area contributed by atoms with Crippen molar-refractivity contribution in [1.29, 1.82) is 5.26 Å². The van der Waals surface area contributed by atoms with Crippen molar-refractivity contribution in [2.45, 2.75) is 127 Å². The van der Waals surface area contributed by atoms with E-state index in [1.165, 1.54) is 57.8 Å². The molecule has 0 unspecified atom stereocenters. The van der Waals surface area contributed by atoms with Crippen LogP contribution in [0.5, 0.6) is 5.88 Å². The molecule has 91 heavy (non-hydrogen) atoms. The molecule has 8 heterocycles. The number of aliphatic hydroxyl groups excluding tert-OH is 2. The van der Waals surface area contributed by atoms with Crippen LogP contribution >= 0.6 is 0 Å². The molecule has 4 fully saturated rings. The molecule has 7 aromatic rings. The van der Waals surface area contributed by atoms with Crippen molar-refractivity contribution in [2.24, 2.45) is 0 Å². The molecule has 0 radical (unpaired) electrons. The summed E-state index contributed by atoms with van der Waals surface area (Å²) in [4.78, 5) is 64.8. The van der Waals surface area contributed by atoms with Crippen molar-refractivity contribution >= 4 is 46.7 Å². The number of benzene rings is 3. The average Bonchev–Trinajstić information content (AvgIpc) is 1.69. The number of pyridine rings is 1. The number of alkyl halides is 1. The van der Waals surface area contributed by atoms with Crippen LogP contribution in [0, 0.1) is 18.8 Å². The summed E-state index contributed by atoms with van der Waals surface area (Å²) in [6, 6.07) is 24.9. The molecule has 25 nitrogen and oxygen atoms in total. The first kappa shape index (κ1) is 76.8. The van der Waals surface area contributed by atoms with E-state index < -0.39 is 48.6 Å². The van der Waals surface area contributed by atoms with Gasteiger partial charge in [-0.3, -0.25) is 18.8 Å². The third kappa shape index (κ3) is 21.2. The second-order valence-electron chi connectivity index (χ2n) is 21.9. The van der Waals surface area contributed by atoms with Gasteiger partial charge in [-0.15, -0.1) is 0 Å². The van der Waals surface area contributed by atoms with Crippen LogP contribution in [0.2, 0.25) is 0 Å². The molecule has 0 bridgehead atoms. The number of esters is 1. The summed E-state index contributed by atoms with van der Waals surface area (Å²) in [5.41, 5.74) is 1.18. The molecule has 4 aromatic heterocycles.